The molecule has 3 aliphatic rings. The Morgan fingerprint density at radius 1 is 0.971 bits per heavy atom. The van der Waals surface area contributed by atoms with E-state index in [-0.39, 0.29) is 11.5 Å². The highest BCUT2D eigenvalue weighted by molar-refractivity contribution is 7.86. The average molecular weight is 497 g/mol. The number of rotatable bonds is 6. The van der Waals surface area contributed by atoms with E-state index in [1.54, 1.807) is 24.3 Å². The zero-order valence-electron chi connectivity index (χ0n) is 20.1. The van der Waals surface area contributed by atoms with Gasteiger partial charge in [-0.15, -0.1) is 0 Å². The lowest BCUT2D eigenvalue weighted by atomic mass is 9.59. The normalized spacial score (nSPS) is 25.7. The summed E-state index contributed by atoms with van der Waals surface area (Å²) in [6.07, 6.45) is 2.83. The third kappa shape index (κ3) is 4.64. The van der Waals surface area contributed by atoms with Gasteiger partial charge in [-0.2, -0.15) is 13.7 Å². The van der Waals surface area contributed by atoms with E-state index in [4.69, 9.17) is 13.7 Å². The van der Waals surface area contributed by atoms with Crippen LogP contribution in [-0.4, -0.2) is 52.0 Å². The van der Waals surface area contributed by atoms with Crippen molar-refractivity contribution in [3.63, 3.8) is 0 Å². The summed E-state index contributed by atoms with van der Waals surface area (Å²) in [6, 6.07) is 19.3. The summed E-state index contributed by atoms with van der Waals surface area (Å²) in [5.41, 5.74) is 0.773. The fraction of sp³-hybridized carbons (Fsp3) is 0.519. The fourth-order valence-electron chi connectivity index (χ4n) is 6.01. The van der Waals surface area contributed by atoms with Crippen LogP contribution in [-0.2, 0) is 30.3 Å². The highest BCUT2D eigenvalue weighted by Gasteiger charge is 2.62. The highest BCUT2D eigenvalue weighted by Crippen LogP contribution is 2.58. The molecule has 35 heavy (non-hydrogen) atoms. The van der Waals surface area contributed by atoms with E-state index in [0.717, 1.165) is 18.4 Å². The first kappa shape index (κ1) is 24.4. The van der Waals surface area contributed by atoms with Crippen molar-refractivity contribution >= 4 is 10.1 Å². The Morgan fingerprint density at radius 3 is 2.26 bits per heavy atom. The van der Waals surface area contributed by atoms with Gasteiger partial charge >= 0.3 is 0 Å². The Bertz CT molecular complexity index is 1180. The topological polar surface area (TPSA) is 88.9 Å². The molecule has 8 heteroatoms. The van der Waals surface area contributed by atoms with Gasteiger partial charge in [0.25, 0.3) is 10.1 Å². The molecule has 5 rings (SSSR count). The van der Waals surface area contributed by atoms with Gasteiger partial charge in [-0.1, -0.05) is 48.0 Å². The number of aryl methyl sites for hydroxylation is 1. The third-order valence-corrected chi connectivity index (χ3v) is 9.33. The Hall–Kier alpha value is -2.28. The van der Waals surface area contributed by atoms with Crippen LogP contribution in [0.1, 0.15) is 36.8 Å². The Kier molecular flexibility index (Phi) is 6.49. The minimum absolute atomic E-state index is 0.111. The fourth-order valence-corrected chi connectivity index (χ4v) is 6.97. The molecule has 2 aromatic carbocycles. The van der Waals surface area contributed by atoms with Crippen LogP contribution in [0.2, 0.25) is 0 Å². The number of benzene rings is 2. The molecule has 0 bridgehead atoms. The second-order valence-electron chi connectivity index (χ2n) is 10.2. The minimum atomic E-state index is -3.99. The summed E-state index contributed by atoms with van der Waals surface area (Å²) >= 11 is 0. The zero-order valence-corrected chi connectivity index (χ0v) is 20.9. The first-order valence-corrected chi connectivity index (χ1v) is 13.6. The van der Waals surface area contributed by atoms with Gasteiger partial charge in [0.15, 0.2) is 5.79 Å². The van der Waals surface area contributed by atoms with Crippen molar-refractivity contribution in [3.8, 4) is 6.07 Å². The molecule has 2 aromatic rings. The van der Waals surface area contributed by atoms with Crippen LogP contribution >= 0.6 is 0 Å². The van der Waals surface area contributed by atoms with Crippen LogP contribution in [0.4, 0.5) is 0 Å². The van der Waals surface area contributed by atoms with E-state index < -0.39 is 26.7 Å². The van der Waals surface area contributed by atoms with Crippen molar-refractivity contribution in [2.45, 2.75) is 49.8 Å². The van der Waals surface area contributed by atoms with E-state index in [1.807, 2.05) is 25.1 Å². The van der Waals surface area contributed by atoms with Crippen molar-refractivity contribution in [3.05, 3.63) is 65.7 Å². The predicted octanol–water partition coefficient (Wildman–Crippen LogP) is 4.03. The molecule has 2 spiro atoms. The van der Waals surface area contributed by atoms with Crippen molar-refractivity contribution in [2.24, 2.45) is 10.8 Å². The van der Waals surface area contributed by atoms with Crippen LogP contribution in [0.15, 0.2) is 59.5 Å². The number of hydrogen-bond acceptors (Lipinski definition) is 7. The quantitative estimate of drug-likeness (QED) is 0.558. The van der Waals surface area contributed by atoms with Crippen LogP contribution in [0.3, 0.4) is 0 Å². The SMILES string of the molecule is Cc1ccc(S(=O)(=O)OCC2(C#N)CN(Cc3ccccc3)CC23CCC2(CC3)OCCO2)cc1. The number of hydrogen-bond donors (Lipinski definition) is 0. The van der Waals surface area contributed by atoms with Crippen LogP contribution in [0.5, 0.6) is 0 Å². The second-order valence-corrected chi connectivity index (χ2v) is 11.9. The van der Waals surface area contributed by atoms with E-state index >= 15 is 0 Å². The molecule has 0 aromatic heterocycles. The van der Waals surface area contributed by atoms with E-state index in [1.165, 1.54) is 5.56 Å². The summed E-state index contributed by atoms with van der Waals surface area (Å²) in [6.45, 7) is 4.78. The maximum absolute atomic E-state index is 13.0. The van der Waals surface area contributed by atoms with Crippen molar-refractivity contribution in [1.82, 2.24) is 4.90 Å². The van der Waals surface area contributed by atoms with Crippen molar-refractivity contribution in [1.29, 1.82) is 5.26 Å². The van der Waals surface area contributed by atoms with E-state index in [2.05, 4.69) is 23.1 Å². The molecule has 0 amide bonds. The molecule has 7 nitrogen and oxygen atoms in total. The summed E-state index contributed by atoms with van der Waals surface area (Å²) in [7, 11) is -3.99. The van der Waals surface area contributed by atoms with Gasteiger partial charge in [-0.25, -0.2) is 0 Å². The average Bonchev–Trinajstić information content (AvgIpc) is 3.44. The lowest BCUT2D eigenvalue weighted by molar-refractivity contribution is -0.197. The summed E-state index contributed by atoms with van der Waals surface area (Å²) in [4.78, 5) is 2.38. The van der Waals surface area contributed by atoms with Crippen LogP contribution < -0.4 is 0 Å². The molecule has 0 radical (unpaired) electrons. The van der Waals surface area contributed by atoms with Crippen molar-refractivity contribution in [2.75, 3.05) is 32.9 Å². The molecular weight excluding hydrogens is 464 g/mol. The standard InChI is InChI=1S/C27H32N2O5S/c1-22-7-9-24(10-8-22)35(30,31)34-21-26(18-28)20-29(17-23-5-3-2-4-6-23)19-25(26)11-13-27(14-12-25)32-15-16-33-27/h2-10H,11-17,19-21H2,1H3. The Balaban J connectivity index is 1.41. The third-order valence-electron chi connectivity index (χ3n) is 8.05. The van der Waals surface area contributed by atoms with Gasteiger partial charge in [0.2, 0.25) is 0 Å². The summed E-state index contributed by atoms with van der Waals surface area (Å²) in [5, 5.41) is 10.6. The molecule has 2 aliphatic heterocycles. The highest BCUT2D eigenvalue weighted by atomic mass is 32.2. The first-order chi connectivity index (χ1) is 16.8. The summed E-state index contributed by atoms with van der Waals surface area (Å²) < 4.78 is 43.6. The van der Waals surface area contributed by atoms with Gasteiger partial charge in [0.1, 0.15) is 5.41 Å². The second kappa shape index (κ2) is 9.30. The lowest BCUT2D eigenvalue weighted by Gasteiger charge is -2.47. The summed E-state index contributed by atoms with van der Waals surface area (Å²) in [5.74, 6) is -0.561. The smallest absolute Gasteiger partial charge is 0.297 e. The maximum atomic E-state index is 13.0. The van der Waals surface area contributed by atoms with Crippen LogP contribution in [0.25, 0.3) is 0 Å². The molecule has 2 saturated heterocycles. The first-order valence-electron chi connectivity index (χ1n) is 12.2. The molecule has 3 fully saturated rings. The lowest BCUT2D eigenvalue weighted by Crippen LogP contribution is -2.50. The predicted molar refractivity (Wildman–Crippen MR) is 130 cm³/mol. The monoisotopic (exact) mass is 496 g/mol. The number of nitrogens with zero attached hydrogens (tertiary/aromatic N) is 2. The molecular formula is C27H32N2O5S. The molecule has 1 saturated carbocycles. The molecule has 1 atom stereocenters. The number of nitriles is 1. The van der Waals surface area contributed by atoms with Gasteiger partial charge in [0, 0.05) is 37.9 Å². The van der Waals surface area contributed by atoms with Gasteiger partial charge < -0.3 is 9.47 Å². The molecule has 0 N–H and O–H groups in total. The Labute approximate surface area is 207 Å². The van der Waals surface area contributed by atoms with Crippen LogP contribution in [0, 0.1) is 29.1 Å². The maximum Gasteiger partial charge on any atom is 0.297 e. The van der Waals surface area contributed by atoms with Gasteiger partial charge in [0.05, 0.1) is 30.8 Å². The zero-order chi connectivity index (χ0) is 24.6. The molecule has 186 valence electrons. The van der Waals surface area contributed by atoms with Crippen molar-refractivity contribution < 1.29 is 22.1 Å². The molecule has 1 aliphatic carbocycles. The van der Waals surface area contributed by atoms with Gasteiger partial charge in [-0.3, -0.25) is 9.08 Å². The van der Waals surface area contributed by atoms with E-state index in [9.17, 15) is 13.7 Å². The van der Waals surface area contributed by atoms with Gasteiger partial charge in [-0.05, 0) is 37.5 Å². The molecule has 2 heterocycles. The largest absolute Gasteiger partial charge is 0.348 e. The molecule has 1 unspecified atom stereocenters. The Morgan fingerprint density at radius 2 is 1.63 bits per heavy atom. The number of ether oxygens (including phenoxy) is 2. The minimum Gasteiger partial charge on any atom is -0.348 e. The van der Waals surface area contributed by atoms with E-state index in [0.29, 0.717) is 45.7 Å². The number of likely N-dealkylation sites (tertiary alicyclic amines) is 1.